The van der Waals surface area contributed by atoms with Crippen molar-refractivity contribution in [3.8, 4) is 0 Å². The van der Waals surface area contributed by atoms with E-state index in [2.05, 4.69) is 16.7 Å². The Hall–Kier alpha value is -1.14. The van der Waals surface area contributed by atoms with Gasteiger partial charge in [0.25, 0.3) is 0 Å². The van der Waals surface area contributed by atoms with E-state index in [1.807, 2.05) is 18.2 Å². The van der Waals surface area contributed by atoms with E-state index in [1.54, 1.807) is 0 Å². The molecule has 0 aromatic heterocycles. The molecule has 0 aliphatic carbocycles. The minimum Gasteiger partial charge on any atom is -0.390 e. The number of ether oxygens (including phenoxy) is 1. The molecule has 1 aliphatic heterocycles. The van der Waals surface area contributed by atoms with Crippen molar-refractivity contribution in [2.24, 2.45) is 5.73 Å². The van der Waals surface area contributed by atoms with Gasteiger partial charge in [0.2, 0.25) is 0 Å². The molecule has 2 unspecified atom stereocenters. The zero-order valence-electron chi connectivity index (χ0n) is 10.4. The highest BCUT2D eigenvalue weighted by atomic mass is 16.5. The highest BCUT2D eigenvalue weighted by Crippen LogP contribution is 2.26. The van der Waals surface area contributed by atoms with Crippen molar-refractivity contribution in [1.82, 2.24) is 5.32 Å². The van der Waals surface area contributed by atoms with Crippen molar-refractivity contribution in [2.45, 2.75) is 12.2 Å². The third-order valence-electron chi connectivity index (χ3n) is 3.04. The first kappa shape index (κ1) is 13.3. The van der Waals surface area contributed by atoms with Crippen molar-refractivity contribution in [3.05, 3.63) is 29.8 Å². The molecule has 0 amide bonds. The Morgan fingerprint density at radius 3 is 3.06 bits per heavy atom. The molecule has 1 aliphatic rings. The highest BCUT2D eigenvalue weighted by Gasteiger charge is 2.18. The molecule has 0 spiro atoms. The lowest BCUT2D eigenvalue weighted by molar-refractivity contribution is 0.0281. The van der Waals surface area contributed by atoms with Gasteiger partial charge in [0, 0.05) is 37.4 Å². The fourth-order valence-corrected chi connectivity index (χ4v) is 2.02. The van der Waals surface area contributed by atoms with E-state index in [0.717, 1.165) is 30.9 Å². The van der Waals surface area contributed by atoms with Crippen LogP contribution in [0, 0.1) is 0 Å². The predicted octanol–water partition coefficient (Wildman–Crippen LogP) is 0.0790. The average Bonchev–Trinajstić information content (AvgIpc) is 2.46. The Labute approximate surface area is 107 Å². The standard InChI is InChI=1S/C13H21N3O2/c14-7-10(17)8-16-12-4-2-1-3-11(12)13-9-15-5-6-18-13/h1-4,10,13,15-17H,5-9,14H2. The van der Waals surface area contributed by atoms with Crippen LogP contribution in [0.2, 0.25) is 0 Å². The van der Waals surface area contributed by atoms with Gasteiger partial charge in [-0.3, -0.25) is 0 Å². The van der Waals surface area contributed by atoms with Gasteiger partial charge in [0.15, 0.2) is 0 Å². The second kappa shape index (κ2) is 6.70. The molecule has 1 saturated heterocycles. The maximum absolute atomic E-state index is 9.49. The van der Waals surface area contributed by atoms with E-state index in [4.69, 9.17) is 10.5 Å². The SMILES string of the molecule is NCC(O)CNc1ccccc1C1CNCCO1. The molecule has 1 heterocycles. The van der Waals surface area contributed by atoms with Crippen LogP contribution in [0.25, 0.3) is 0 Å². The zero-order chi connectivity index (χ0) is 12.8. The number of hydrogen-bond acceptors (Lipinski definition) is 5. The summed E-state index contributed by atoms with van der Waals surface area (Å²) in [7, 11) is 0. The summed E-state index contributed by atoms with van der Waals surface area (Å²) in [4.78, 5) is 0. The molecule has 2 rings (SSSR count). The fraction of sp³-hybridized carbons (Fsp3) is 0.538. The first-order valence-corrected chi connectivity index (χ1v) is 6.34. The molecular formula is C13H21N3O2. The van der Waals surface area contributed by atoms with Crippen LogP contribution in [0.4, 0.5) is 5.69 Å². The number of aliphatic hydroxyl groups is 1. The van der Waals surface area contributed by atoms with Gasteiger partial charge in [-0.2, -0.15) is 0 Å². The van der Waals surface area contributed by atoms with Gasteiger partial charge < -0.3 is 26.2 Å². The van der Waals surface area contributed by atoms with Crippen LogP contribution >= 0.6 is 0 Å². The second-order valence-corrected chi connectivity index (χ2v) is 4.42. The summed E-state index contributed by atoms with van der Waals surface area (Å²) < 4.78 is 5.75. The third kappa shape index (κ3) is 3.43. The van der Waals surface area contributed by atoms with Gasteiger partial charge in [0.1, 0.15) is 0 Å². The molecule has 5 nitrogen and oxygen atoms in total. The Kier molecular flexibility index (Phi) is 4.95. The number of nitrogens with one attached hydrogen (secondary N) is 2. The van der Waals surface area contributed by atoms with Gasteiger partial charge in [-0.25, -0.2) is 0 Å². The third-order valence-corrected chi connectivity index (χ3v) is 3.04. The number of morpholine rings is 1. The van der Waals surface area contributed by atoms with E-state index in [-0.39, 0.29) is 12.6 Å². The Morgan fingerprint density at radius 1 is 1.50 bits per heavy atom. The highest BCUT2D eigenvalue weighted by molar-refractivity contribution is 5.52. The summed E-state index contributed by atoms with van der Waals surface area (Å²) in [6.07, 6.45) is -0.457. The summed E-state index contributed by atoms with van der Waals surface area (Å²) in [5.74, 6) is 0. The number of rotatable bonds is 5. The van der Waals surface area contributed by atoms with Gasteiger partial charge >= 0.3 is 0 Å². The Morgan fingerprint density at radius 2 is 2.33 bits per heavy atom. The van der Waals surface area contributed by atoms with Gasteiger partial charge in [-0.05, 0) is 6.07 Å². The summed E-state index contributed by atoms with van der Waals surface area (Å²) in [6, 6.07) is 8.01. The number of benzene rings is 1. The van der Waals surface area contributed by atoms with E-state index >= 15 is 0 Å². The van der Waals surface area contributed by atoms with Crippen molar-refractivity contribution in [3.63, 3.8) is 0 Å². The Balaban J connectivity index is 2.04. The van der Waals surface area contributed by atoms with E-state index in [0.29, 0.717) is 6.54 Å². The van der Waals surface area contributed by atoms with Crippen LogP contribution in [0.1, 0.15) is 11.7 Å². The van der Waals surface area contributed by atoms with Crippen LogP contribution < -0.4 is 16.4 Å². The molecule has 100 valence electrons. The van der Waals surface area contributed by atoms with Crippen LogP contribution in [0.15, 0.2) is 24.3 Å². The lowest BCUT2D eigenvalue weighted by Crippen LogP contribution is -2.34. The molecule has 5 heteroatoms. The number of para-hydroxylation sites is 1. The van der Waals surface area contributed by atoms with Crippen molar-refractivity contribution >= 4 is 5.69 Å². The lowest BCUT2D eigenvalue weighted by Gasteiger charge is -2.26. The first-order valence-electron chi connectivity index (χ1n) is 6.34. The summed E-state index contributed by atoms with van der Waals surface area (Å²) in [6.45, 7) is 3.16. The molecule has 1 fully saturated rings. The van der Waals surface area contributed by atoms with Crippen LogP contribution in [0.5, 0.6) is 0 Å². The lowest BCUT2D eigenvalue weighted by atomic mass is 10.1. The van der Waals surface area contributed by atoms with Crippen LogP contribution in [-0.2, 0) is 4.74 Å². The molecular weight excluding hydrogens is 230 g/mol. The largest absolute Gasteiger partial charge is 0.390 e. The summed E-state index contributed by atoms with van der Waals surface area (Å²) in [5, 5.41) is 16.0. The molecule has 5 N–H and O–H groups in total. The monoisotopic (exact) mass is 251 g/mol. The maximum Gasteiger partial charge on any atom is 0.0969 e. The van der Waals surface area contributed by atoms with E-state index < -0.39 is 6.10 Å². The van der Waals surface area contributed by atoms with Crippen molar-refractivity contribution in [2.75, 3.05) is 38.1 Å². The van der Waals surface area contributed by atoms with Crippen molar-refractivity contribution < 1.29 is 9.84 Å². The molecule has 0 radical (unpaired) electrons. The summed E-state index contributed by atoms with van der Waals surface area (Å²) >= 11 is 0. The van der Waals surface area contributed by atoms with Crippen LogP contribution in [0.3, 0.4) is 0 Å². The topological polar surface area (TPSA) is 79.5 Å². The van der Waals surface area contributed by atoms with Crippen molar-refractivity contribution in [1.29, 1.82) is 0 Å². The van der Waals surface area contributed by atoms with Gasteiger partial charge in [0.05, 0.1) is 18.8 Å². The zero-order valence-corrected chi connectivity index (χ0v) is 10.4. The van der Waals surface area contributed by atoms with E-state index in [9.17, 15) is 5.11 Å². The quantitative estimate of drug-likeness (QED) is 0.596. The van der Waals surface area contributed by atoms with Gasteiger partial charge in [-0.1, -0.05) is 18.2 Å². The van der Waals surface area contributed by atoms with Gasteiger partial charge in [-0.15, -0.1) is 0 Å². The second-order valence-electron chi connectivity index (χ2n) is 4.42. The number of hydrogen-bond donors (Lipinski definition) is 4. The summed E-state index contributed by atoms with van der Waals surface area (Å²) in [5.41, 5.74) is 7.51. The number of anilines is 1. The Bertz CT molecular complexity index is 367. The van der Waals surface area contributed by atoms with Crippen LogP contribution in [-0.4, -0.2) is 44.0 Å². The maximum atomic E-state index is 9.49. The minimum absolute atomic E-state index is 0.0671. The molecule has 0 saturated carbocycles. The first-order chi connectivity index (χ1) is 8.81. The smallest absolute Gasteiger partial charge is 0.0969 e. The normalized spacial score (nSPS) is 21.6. The molecule has 0 bridgehead atoms. The number of nitrogens with two attached hydrogens (primary N) is 1. The molecule has 2 atom stereocenters. The van der Waals surface area contributed by atoms with E-state index in [1.165, 1.54) is 0 Å². The molecule has 1 aromatic rings. The minimum atomic E-state index is -0.525. The number of aliphatic hydroxyl groups excluding tert-OH is 1. The fourth-order valence-electron chi connectivity index (χ4n) is 2.02. The average molecular weight is 251 g/mol. The predicted molar refractivity (Wildman–Crippen MR) is 71.6 cm³/mol. The molecule has 18 heavy (non-hydrogen) atoms. The molecule has 1 aromatic carbocycles.